The van der Waals surface area contributed by atoms with Gasteiger partial charge >= 0.3 is 0 Å². The number of nitrogens with one attached hydrogen (secondary N) is 2. The molecule has 2 amide bonds. The highest BCUT2D eigenvalue weighted by molar-refractivity contribution is 6.30. The van der Waals surface area contributed by atoms with Crippen LogP contribution in [0.4, 0.5) is 11.9 Å². The van der Waals surface area contributed by atoms with Crippen molar-refractivity contribution >= 4 is 35.3 Å². The van der Waals surface area contributed by atoms with Crippen molar-refractivity contribution in [1.29, 1.82) is 0 Å². The Morgan fingerprint density at radius 2 is 1.30 bits per heavy atom. The van der Waals surface area contributed by atoms with Gasteiger partial charge in [0.15, 0.2) is 0 Å². The van der Waals surface area contributed by atoms with Gasteiger partial charge in [0.05, 0.1) is 5.69 Å². The average Bonchev–Trinajstić information content (AvgIpc) is 3.17. The van der Waals surface area contributed by atoms with E-state index in [1.165, 1.54) is 29.5 Å². The number of anilines is 2. The highest BCUT2D eigenvalue weighted by Gasteiger charge is 2.17. The molecule has 0 spiro atoms. The first kappa shape index (κ1) is 19.2. The largest absolute Gasteiger partial charge is 0.290 e. The lowest BCUT2D eigenvalue weighted by molar-refractivity contribution is 0.101. The molecule has 4 aromatic rings. The summed E-state index contributed by atoms with van der Waals surface area (Å²) in [5.74, 6) is -0.648. The molecule has 9 nitrogen and oxygen atoms in total. The number of carbonyl (C=O) groups excluding carboxylic acids is 2. The predicted molar refractivity (Wildman–Crippen MR) is 111 cm³/mol. The van der Waals surface area contributed by atoms with Crippen molar-refractivity contribution in [2.45, 2.75) is 0 Å². The summed E-state index contributed by atoms with van der Waals surface area (Å²) in [4.78, 5) is 37.0. The molecule has 148 valence electrons. The number of nitrogens with zero attached hydrogens (tertiary/aromatic N) is 5. The van der Waals surface area contributed by atoms with Crippen molar-refractivity contribution in [3.8, 4) is 5.69 Å². The topological polar surface area (TPSA) is 115 Å². The zero-order valence-corrected chi connectivity index (χ0v) is 16.1. The molecule has 0 bridgehead atoms. The van der Waals surface area contributed by atoms with E-state index in [9.17, 15) is 9.59 Å². The number of aromatic nitrogens is 5. The smallest absolute Gasteiger partial charge is 0.258 e. The van der Waals surface area contributed by atoms with Gasteiger partial charge in [-0.1, -0.05) is 11.6 Å². The maximum Gasteiger partial charge on any atom is 0.258 e. The SMILES string of the molecule is O=C(Nc1nc(NC(=O)c2ccncc2)n(-c2ccc(Cl)cc2)n1)c1ccncc1. The fraction of sp³-hybridized carbons (Fsp3) is 0. The van der Waals surface area contributed by atoms with Gasteiger partial charge in [0.1, 0.15) is 0 Å². The first-order valence-corrected chi connectivity index (χ1v) is 9.14. The lowest BCUT2D eigenvalue weighted by atomic mass is 10.2. The van der Waals surface area contributed by atoms with Crippen molar-refractivity contribution in [3.05, 3.63) is 89.5 Å². The highest BCUT2D eigenvalue weighted by atomic mass is 35.5. The minimum Gasteiger partial charge on any atom is -0.290 e. The number of rotatable bonds is 5. The molecule has 0 aliphatic rings. The summed E-state index contributed by atoms with van der Waals surface area (Å²) < 4.78 is 1.40. The minimum atomic E-state index is -0.405. The van der Waals surface area contributed by atoms with Gasteiger partial charge in [0.25, 0.3) is 17.8 Å². The Bertz CT molecular complexity index is 1180. The summed E-state index contributed by atoms with van der Waals surface area (Å²) in [7, 11) is 0. The normalized spacial score (nSPS) is 10.4. The van der Waals surface area contributed by atoms with Gasteiger partial charge < -0.3 is 0 Å². The van der Waals surface area contributed by atoms with Gasteiger partial charge in [-0.15, -0.1) is 5.10 Å². The molecule has 1 aromatic carbocycles. The number of pyridine rings is 2. The molecule has 0 saturated carbocycles. The Kier molecular flexibility index (Phi) is 5.44. The number of halogens is 1. The summed E-state index contributed by atoms with van der Waals surface area (Å²) in [5.41, 5.74) is 1.40. The summed E-state index contributed by atoms with van der Waals surface area (Å²) >= 11 is 5.96. The molecule has 0 aliphatic heterocycles. The van der Waals surface area contributed by atoms with Crippen molar-refractivity contribution in [2.24, 2.45) is 0 Å². The first-order valence-electron chi connectivity index (χ1n) is 8.76. The molecule has 3 heterocycles. The second-order valence-corrected chi connectivity index (χ2v) is 6.46. The van der Waals surface area contributed by atoms with Gasteiger partial charge in [0, 0.05) is 40.9 Å². The molecule has 2 N–H and O–H groups in total. The van der Waals surface area contributed by atoms with Crippen molar-refractivity contribution in [1.82, 2.24) is 24.7 Å². The lowest BCUT2D eigenvalue weighted by Gasteiger charge is -2.07. The summed E-state index contributed by atoms with van der Waals surface area (Å²) in [6.07, 6.45) is 6.04. The highest BCUT2D eigenvalue weighted by Crippen LogP contribution is 2.19. The van der Waals surface area contributed by atoms with Crippen LogP contribution in [0.3, 0.4) is 0 Å². The molecular formula is C20H14ClN7O2. The first-order chi connectivity index (χ1) is 14.6. The Hall–Kier alpha value is -4.11. The zero-order chi connectivity index (χ0) is 20.9. The molecular weight excluding hydrogens is 406 g/mol. The van der Waals surface area contributed by atoms with Crippen LogP contribution in [0.1, 0.15) is 20.7 Å². The van der Waals surface area contributed by atoms with E-state index >= 15 is 0 Å². The fourth-order valence-corrected chi connectivity index (χ4v) is 2.69. The molecule has 0 atom stereocenters. The van der Waals surface area contributed by atoms with E-state index in [1.54, 1.807) is 48.5 Å². The molecule has 30 heavy (non-hydrogen) atoms. The van der Waals surface area contributed by atoms with Crippen LogP contribution >= 0.6 is 11.6 Å². The van der Waals surface area contributed by atoms with E-state index < -0.39 is 11.8 Å². The Balaban J connectivity index is 1.65. The Morgan fingerprint density at radius 1 is 0.767 bits per heavy atom. The van der Waals surface area contributed by atoms with E-state index in [1.807, 2.05) is 0 Å². The van der Waals surface area contributed by atoms with Gasteiger partial charge in [-0.05, 0) is 48.5 Å². The van der Waals surface area contributed by atoms with Crippen LogP contribution in [0, 0.1) is 0 Å². The molecule has 4 rings (SSSR count). The number of benzene rings is 1. The second-order valence-electron chi connectivity index (χ2n) is 6.03. The van der Waals surface area contributed by atoms with Gasteiger partial charge in [-0.3, -0.25) is 30.2 Å². The standard InChI is InChI=1S/C20H14ClN7O2/c21-15-1-3-16(4-2-15)28-20(25-18(30)14-7-11-23-12-8-14)26-19(27-28)24-17(29)13-5-9-22-10-6-13/h1-12H,(H2,24,25,26,27,29,30). The monoisotopic (exact) mass is 419 g/mol. The fourth-order valence-electron chi connectivity index (χ4n) is 2.56. The number of carbonyl (C=O) groups is 2. The minimum absolute atomic E-state index is 0.0248. The summed E-state index contributed by atoms with van der Waals surface area (Å²) in [6, 6.07) is 13.1. The van der Waals surface area contributed by atoms with E-state index in [4.69, 9.17) is 11.6 Å². The molecule has 3 aromatic heterocycles. The third kappa shape index (κ3) is 4.31. The van der Waals surface area contributed by atoms with Crippen LogP contribution < -0.4 is 10.6 Å². The molecule has 0 fully saturated rings. The van der Waals surface area contributed by atoms with Gasteiger partial charge in [-0.2, -0.15) is 9.67 Å². The number of hydrogen-bond donors (Lipinski definition) is 2. The lowest BCUT2D eigenvalue weighted by Crippen LogP contribution is -2.16. The zero-order valence-electron chi connectivity index (χ0n) is 15.4. The predicted octanol–water partition coefficient (Wildman–Crippen LogP) is 3.22. The van der Waals surface area contributed by atoms with E-state index in [0.717, 1.165) is 0 Å². The van der Waals surface area contributed by atoms with Crippen LogP contribution in [0.2, 0.25) is 5.02 Å². The molecule has 0 saturated heterocycles. The van der Waals surface area contributed by atoms with Crippen LogP contribution in [-0.2, 0) is 0 Å². The molecule has 10 heteroatoms. The molecule has 0 aliphatic carbocycles. The summed E-state index contributed by atoms with van der Waals surface area (Å²) in [6.45, 7) is 0. The van der Waals surface area contributed by atoms with Crippen molar-refractivity contribution in [3.63, 3.8) is 0 Å². The van der Waals surface area contributed by atoms with Crippen LogP contribution in [-0.4, -0.2) is 36.5 Å². The molecule has 0 radical (unpaired) electrons. The van der Waals surface area contributed by atoms with E-state index in [0.29, 0.717) is 21.8 Å². The maximum absolute atomic E-state index is 12.6. The molecule has 0 unspecified atom stereocenters. The van der Waals surface area contributed by atoms with Gasteiger partial charge in [0.2, 0.25) is 5.95 Å². The van der Waals surface area contributed by atoms with Crippen LogP contribution in [0.5, 0.6) is 0 Å². The third-order valence-corrected chi connectivity index (χ3v) is 4.27. The van der Waals surface area contributed by atoms with Crippen LogP contribution in [0.25, 0.3) is 5.69 Å². The van der Waals surface area contributed by atoms with E-state index in [-0.39, 0.29) is 11.9 Å². The summed E-state index contributed by atoms with van der Waals surface area (Å²) in [5, 5.41) is 10.2. The van der Waals surface area contributed by atoms with E-state index in [2.05, 4.69) is 30.7 Å². The maximum atomic E-state index is 12.6. The van der Waals surface area contributed by atoms with Crippen LogP contribution in [0.15, 0.2) is 73.3 Å². The average molecular weight is 420 g/mol. The van der Waals surface area contributed by atoms with Crippen molar-refractivity contribution in [2.75, 3.05) is 10.6 Å². The quantitative estimate of drug-likeness (QED) is 0.513. The number of amides is 2. The Labute approximate surface area is 175 Å². The Morgan fingerprint density at radius 3 is 1.87 bits per heavy atom. The third-order valence-electron chi connectivity index (χ3n) is 4.01. The number of hydrogen-bond acceptors (Lipinski definition) is 6. The van der Waals surface area contributed by atoms with Crippen molar-refractivity contribution < 1.29 is 9.59 Å². The second kappa shape index (κ2) is 8.50. The van der Waals surface area contributed by atoms with Gasteiger partial charge in [-0.25, -0.2) is 0 Å².